The van der Waals surface area contributed by atoms with Crippen LogP contribution in [0.15, 0.2) is 95.4 Å². The molecule has 1 heterocycles. The van der Waals surface area contributed by atoms with Gasteiger partial charge in [-0.25, -0.2) is 0 Å². The number of para-hydroxylation sites is 1. The van der Waals surface area contributed by atoms with Gasteiger partial charge in [0.1, 0.15) is 5.58 Å². The minimum absolute atomic E-state index is 0.0807. The molecule has 0 atom stereocenters. The monoisotopic (exact) mass is 425 g/mol. The van der Waals surface area contributed by atoms with Gasteiger partial charge < -0.3 is 9.73 Å². The molecule has 5 aromatic rings. The molecule has 0 unspecified atom stereocenters. The van der Waals surface area contributed by atoms with Crippen LogP contribution in [0.2, 0.25) is 5.02 Å². The molecule has 5 heteroatoms. The highest BCUT2D eigenvalue weighted by molar-refractivity contribution is 6.30. The van der Waals surface area contributed by atoms with Crippen molar-refractivity contribution >= 4 is 50.7 Å². The van der Waals surface area contributed by atoms with Crippen molar-refractivity contribution < 1.29 is 14.0 Å². The Morgan fingerprint density at radius 3 is 2.23 bits per heavy atom. The number of furan rings is 1. The number of hydrogen-bond donors (Lipinski definition) is 1. The predicted octanol–water partition coefficient (Wildman–Crippen LogP) is 6.72. The van der Waals surface area contributed by atoms with Crippen molar-refractivity contribution in [2.24, 2.45) is 0 Å². The van der Waals surface area contributed by atoms with Gasteiger partial charge in [0, 0.05) is 21.5 Å². The summed E-state index contributed by atoms with van der Waals surface area (Å²) in [5, 5.41) is 5.91. The maximum absolute atomic E-state index is 13.2. The minimum atomic E-state index is -0.332. The third-order valence-corrected chi connectivity index (χ3v) is 5.43. The molecule has 1 N–H and O–H groups in total. The predicted molar refractivity (Wildman–Crippen MR) is 123 cm³/mol. The molecule has 4 aromatic carbocycles. The number of halogens is 1. The van der Waals surface area contributed by atoms with Gasteiger partial charge >= 0.3 is 0 Å². The molecule has 5 rings (SSSR count). The first-order valence-electron chi connectivity index (χ1n) is 9.73. The summed E-state index contributed by atoms with van der Waals surface area (Å²) in [5.41, 5.74) is 1.82. The van der Waals surface area contributed by atoms with E-state index < -0.39 is 0 Å². The molecular weight excluding hydrogens is 410 g/mol. The Kier molecular flexibility index (Phi) is 4.77. The highest BCUT2D eigenvalue weighted by Crippen LogP contribution is 2.33. The zero-order valence-corrected chi connectivity index (χ0v) is 17.0. The number of hydrogen-bond acceptors (Lipinski definition) is 3. The smallest absolute Gasteiger partial charge is 0.256 e. The minimum Gasteiger partial charge on any atom is -0.450 e. The molecule has 4 nitrogen and oxygen atoms in total. The number of fused-ring (bicyclic) bond motifs is 2. The number of nitrogens with one attached hydrogen (secondary N) is 1. The van der Waals surface area contributed by atoms with Gasteiger partial charge in [-0.05, 0) is 53.2 Å². The number of carbonyl (C=O) groups is 2. The van der Waals surface area contributed by atoms with Gasteiger partial charge in [0.2, 0.25) is 5.78 Å². The van der Waals surface area contributed by atoms with E-state index in [0.717, 1.165) is 10.8 Å². The van der Waals surface area contributed by atoms with Crippen molar-refractivity contribution in [2.45, 2.75) is 0 Å². The second-order valence-corrected chi connectivity index (χ2v) is 7.56. The molecule has 0 aliphatic rings. The molecule has 0 saturated carbocycles. The van der Waals surface area contributed by atoms with E-state index in [2.05, 4.69) is 5.32 Å². The number of benzene rings is 4. The van der Waals surface area contributed by atoms with Crippen LogP contribution in [0.4, 0.5) is 5.69 Å². The fourth-order valence-electron chi connectivity index (χ4n) is 3.67. The maximum Gasteiger partial charge on any atom is 0.256 e. The highest BCUT2D eigenvalue weighted by Gasteiger charge is 2.24. The van der Waals surface area contributed by atoms with Crippen molar-refractivity contribution in [3.8, 4) is 0 Å². The fraction of sp³-hybridized carbons (Fsp3) is 0. The van der Waals surface area contributed by atoms with Crippen molar-refractivity contribution in [1.82, 2.24) is 0 Å². The lowest BCUT2D eigenvalue weighted by Gasteiger charge is -2.09. The number of amides is 1. The zero-order chi connectivity index (χ0) is 21.4. The third-order valence-electron chi connectivity index (χ3n) is 5.18. The summed E-state index contributed by atoms with van der Waals surface area (Å²) in [5.74, 6) is -0.563. The van der Waals surface area contributed by atoms with Crippen molar-refractivity contribution in [2.75, 3.05) is 5.32 Å². The van der Waals surface area contributed by atoms with Gasteiger partial charge in [0.15, 0.2) is 5.76 Å². The summed E-state index contributed by atoms with van der Waals surface area (Å²) in [7, 11) is 0. The number of rotatable bonds is 4. The summed E-state index contributed by atoms with van der Waals surface area (Å²) < 4.78 is 5.87. The largest absolute Gasteiger partial charge is 0.450 e. The van der Waals surface area contributed by atoms with Gasteiger partial charge in [-0.1, -0.05) is 60.1 Å². The first-order valence-corrected chi connectivity index (χ1v) is 10.1. The first kappa shape index (κ1) is 19.1. The Bertz CT molecular complexity index is 1450. The van der Waals surface area contributed by atoms with Crippen LogP contribution in [0.1, 0.15) is 26.5 Å². The molecular formula is C26H16ClNO3. The second kappa shape index (κ2) is 7.74. The maximum atomic E-state index is 13.2. The lowest BCUT2D eigenvalue weighted by atomic mass is 10.0. The molecule has 1 amide bonds. The summed E-state index contributed by atoms with van der Waals surface area (Å²) in [6.45, 7) is 0. The van der Waals surface area contributed by atoms with E-state index in [1.807, 2.05) is 54.6 Å². The average Bonchev–Trinajstić information content (AvgIpc) is 3.17. The van der Waals surface area contributed by atoms with Gasteiger partial charge in [-0.3, -0.25) is 9.59 Å². The molecule has 0 bridgehead atoms. The fourth-order valence-corrected chi connectivity index (χ4v) is 3.79. The van der Waals surface area contributed by atoms with Crippen LogP contribution < -0.4 is 5.32 Å². The van der Waals surface area contributed by atoms with E-state index in [0.29, 0.717) is 32.8 Å². The molecule has 0 radical (unpaired) electrons. The summed E-state index contributed by atoms with van der Waals surface area (Å²) >= 11 is 5.95. The molecule has 0 fully saturated rings. The van der Waals surface area contributed by atoms with Gasteiger partial charge in [0.05, 0.1) is 5.69 Å². The first-order chi connectivity index (χ1) is 15.1. The lowest BCUT2D eigenvalue weighted by Crippen LogP contribution is -2.14. The molecule has 0 aliphatic heterocycles. The van der Waals surface area contributed by atoms with Gasteiger partial charge in [0.25, 0.3) is 5.91 Å². The number of carbonyl (C=O) groups excluding carboxylic acids is 2. The van der Waals surface area contributed by atoms with Crippen molar-refractivity contribution in [1.29, 1.82) is 0 Å². The molecule has 150 valence electrons. The Hall–Kier alpha value is -3.89. The van der Waals surface area contributed by atoms with E-state index >= 15 is 0 Å². The van der Waals surface area contributed by atoms with Crippen LogP contribution in [0, 0.1) is 0 Å². The Balaban J connectivity index is 1.60. The van der Waals surface area contributed by atoms with E-state index in [9.17, 15) is 9.59 Å². The van der Waals surface area contributed by atoms with E-state index in [1.54, 1.807) is 36.4 Å². The van der Waals surface area contributed by atoms with Gasteiger partial charge in [-0.2, -0.15) is 0 Å². The third kappa shape index (κ3) is 3.47. The summed E-state index contributed by atoms with van der Waals surface area (Å²) in [4.78, 5) is 26.4. The number of anilines is 1. The summed E-state index contributed by atoms with van der Waals surface area (Å²) in [6.07, 6.45) is 0. The molecule has 1 aromatic heterocycles. The van der Waals surface area contributed by atoms with Crippen molar-refractivity contribution in [3.05, 3.63) is 113 Å². The standard InChI is InChI=1S/C26H16ClNO3/c27-18-14-12-17(13-15-18)24(29)25-23(21-9-3-4-11-22(21)31-25)28-26(30)20-10-5-7-16-6-1-2-8-19(16)20/h1-15H,(H,28,30). The van der Waals surface area contributed by atoms with Crippen LogP contribution in [-0.2, 0) is 0 Å². The van der Waals surface area contributed by atoms with E-state index in [4.69, 9.17) is 16.0 Å². The van der Waals surface area contributed by atoms with E-state index in [-0.39, 0.29) is 17.5 Å². The number of ketones is 1. The Morgan fingerprint density at radius 2 is 1.42 bits per heavy atom. The SMILES string of the molecule is O=C(c1ccc(Cl)cc1)c1oc2ccccc2c1NC(=O)c1cccc2ccccc12. The van der Waals surface area contributed by atoms with E-state index in [1.165, 1.54) is 0 Å². The second-order valence-electron chi connectivity index (χ2n) is 7.12. The van der Waals surface area contributed by atoms with Crippen LogP contribution in [0.25, 0.3) is 21.7 Å². The van der Waals surface area contributed by atoms with Gasteiger partial charge in [-0.15, -0.1) is 0 Å². The average molecular weight is 426 g/mol. The van der Waals surface area contributed by atoms with Crippen LogP contribution in [0.3, 0.4) is 0 Å². The molecule has 0 saturated heterocycles. The van der Waals surface area contributed by atoms with Crippen LogP contribution in [0.5, 0.6) is 0 Å². The van der Waals surface area contributed by atoms with Crippen molar-refractivity contribution in [3.63, 3.8) is 0 Å². The lowest BCUT2D eigenvalue weighted by molar-refractivity contribution is 0.101. The molecule has 0 aliphatic carbocycles. The Morgan fingerprint density at radius 1 is 0.742 bits per heavy atom. The topological polar surface area (TPSA) is 59.3 Å². The zero-order valence-electron chi connectivity index (χ0n) is 16.3. The highest BCUT2D eigenvalue weighted by atomic mass is 35.5. The summed E-state index contributed by atoms with van der Waals surface area (Å²) in [6, 6.07) is 27.0. The molecule has 0 spiro atoms. The molecule has 31 heavy (non-hydrogen) atoms. The van der Waals surface area contributed by atoms with Crippen LogP contribution in [-0.4, -0.2) is 11.7 Å². The quantitative estimate of drug-likeness (QED) is 0.325. The Labute approximate surface area is 183 Å². The van der Waals surface area contributed by atoms with Crippen LogP contribution >= 0.6 is 11.6 Å². The normalized spacial score (nSPS) is 11.0.